The van der Waals surface area contributed by atoms with Crippen LogP contribution in [0.5, 0.6) is 0 Å². The standard InChI is InChI=1S/C24H30N2O6/c1-16-8-7-9-17(2)20(16)13-21(23(29)31-3)26-22(28)12-19(27)14-25-24(30)32-15-18-10-5-4-6-11-18/h4-11,19,21,27H,12-15H2,1-3H3,(H,25,30)(H,26,28)/t19-,21+/m0/s1. The van der Waals surface area contributed by atoms with Gasteiger partial charge in [-0.05, 0) is 36.1 Å². The van der Waals surface area contributed by atoms with Gasteiger partial charge in [-0.3, -0.25) is 4.79 Å². The van der Waals surface area contributed by atoms with Crippen LogP contribution >= 0.6 is 0 Å². The number of amides is 2. The fourth-order valence-electron chi connectivity index (χ4n) is 3.23. The van der Waals surface area contributed by atoms with E-state index < -0.39 is 30.1 Å². The second-order valence-electron chi connectivity index (χ2n) is 7.52. The van der Waals surface area contributed by atoms with Crippen molar-refractivity contribution in [1.29, 1.82) is 0 Å². The van der Waals surface area contributed by atoms with Gasteiger partial charge in [0.1, 0.15) is 12.6 Å². The molecule has 0 heterocycles. The maximum atomic E-state index is 12.4. The summed E-state index contributed by atoms with van der Waals surface area (Å²) in [5.41, 5.74) is 3.80. The molecule has 0 unspecified atom stereocenters. The van der Waals surface area contributed by atoms with Crippen molar-refractivity contribution in [2.45, 2.75) is 45.4 Å². The van der Waals surface area contributed by atoms with Gasteiger partial charge in [0.05, 0.1) is 19.6 Å². The predicted molar refractivity (Wildman–Crippen MR) is 119 cm³/mol. The first-order chi connectivity index (χ1) is 15.3. The van der Waals surface area contributed by atoms with Gasteiger partial charge >= 0.3 is 12.1 Å². The predicted octanol–water partition coefficient (Wildman–Crippen LogP) is 2.18. The minimum atomic E-state index is -1.14. The molecular formula is C24H30N2O6. The third-order valence-corrected chi connectivity index (χ3v) is 4.99. The lowest BCUT2D eigenvalue weighted by Gasteiger charge is -2.20. The van der Waals surface area contributed by atoms with Crippen LogP contribution in [0.4, 0.5) is 4.79 Å². The van der Waals surface area contributed by atoms with E-state index in [1.807, 2.05) is 62.4 Å². The van der Waals surface area contributed by atoms with Crippen LogP contribution in [0.15, 0.2) is 48.5 Å². The van der Waals surface area contributed by atoms with E-state index in [2.05, 4.69) is 10.6 Å². The molecule has 172 valence electrons. The van der Waals surface area contributed by atoms with Crippen LogP contribution in [0.3, 0.4) is 0 Å². The average molecular weight is 443 g/mol. The summed E-state index contributed by atoms with van der Waals surface area (Å²) in [7, 11) is 1.26. The number of hydrogen-bond acceptors (Lipinski definition) is 6. The molecule has 0 bridgehead atoms. The Bertz CT molecular complexity index is 896. The zero-order chi connectivity index (χ0) is 23.5. The summed E-state index contributed by atoms with van der Waals surface area (Å²) in [5.74, 6) is -1.10. The van der Waals surface area contributed by atoms with E-state index in [1.165, 1.54) is 7.11 Å². The molecule has 0 spiro atoms. The Kier molecular flexibility index (Phi) is 9.69. The first-order valence-corrected chi connectivity index (χ1v) is 10.3. The molecule has 3 N–H and O–H groups in total. The number of carbonyl (C=O) groups is 3. The van der Waals surface area contributed by atoms with Crippen molar-refractivity contribution in [3.05, 3.63) is 70.8 Å². The molecule has 2 aromatic carbocycles. The monoisotopic (exact) mass is 442 g/mol. The molecule has 0 aliphatic rings. The number of methoxy groups -OCH3 is 1. The van der Waals surface area contributed by atoms with E-state index in [-0.39, 0.29) is 26.0 Å². The summed E-state index contributed by atoms with van der Waals surface area (Å²) in [5, 5.41) is 15.1. The lowest BCUT2D eigenvalue weighted by atomic mass is 9.96. The van der Waals surface area contributed by atoms with Gasteiger partial charge in [0, 0.05) is 13.0 Å². The van der Waals surface area contributed by atoms with Crippen LogP contribution in [-0.4, -0.2) is 48.9 Å². The van der Waals surface area contributed by atoms with Crippen molar-refractivity contribution in [3.63, 3.8) is 0 Å². The number of aliphatic hydroxyl groups excluding tert-OH is 1. The van der Waals surface area contributed by atoms with Gasteiger partial charge in [0.15, 0.2) is 0 Å². The van der Waals surface area contributed by atoms with Crippen molar-refractivity contribution < 1.29 is 29.0 Å². The van der Waals surface area contributed by atoms with Crippen molar-refractivity contribution >= 4 is 18.0 Å². The molecule has 0 aliphatic heterocycles. The summed E-state index contributed by atoms with van der Waals surface area (Å²) in [6, 6.07) is 14.1. The van der Waals surface area contributed by atoms with Gasteiger partial charge in [0.25, 0.3) is 0 Å². The van der Waals surface area contributed by atoms with Gasteiger partial charge in [0.2, 0.25) is 5.91 Å². The molecule has 2 amide bonds. The highest BCUT2D eigenvalue weighted by atomic mass is 16.5. The fraction of sp³-hybridized carbons (Fsp3) is 0.375. The third-order valence-electron chi connectivity index (χ3n) is 4.99. The summed E-state index contributed by atoms with van der Waals surface area (Å²) in [6.45, 7) is 3.80. The molecule has 8 nitrogen and oxygen atoms in total. The Labute approximate surface area is 187 Å². The first kappa shape index (κ1) is 24.9. The molecule has 0 fully saturated rings. The number of hydrogen-bond donors (Lipinski definition) is 3. The molecule has 32 heavy (non-hydrogen) atoms. The number of carbonyl (C=O) groups excluding carboxylic acids is 3. The van der Waals surface area contributed by atoms with Gasteiger partial charge in [-0.25, -0.2) is 9.59 Å². The van der Waals surface area contributed by atoms with E-state index >= 15 is 0 Å². The van der Waals surface area contributed by atoms with Gasteiger partial charge < -0.3 is 25.2 Å². The van der Waals surface area contributed by atoms with Crippen LogP contribution < -0.4 is 10.6 Å². The Morgan fingerprint density at radius 2 is 1.66 bits per heavy atom. The second-order valence-corrected chi connectivity index (χ2v) is 7.52. The van der Waals surface area contributed by atoms with Crippen molar-refractivity contribution in [2.24, 2.45) is 0 Å². The van der Waals surface area contributed by atoms with E-state index in [0.717, 1.165) is 22.3 Å². The number of benzene rings is 2. The van der Waals surface area contributed by atoms with Gasteiger partial charge in [-0.15, -0.1) is 0 Å². The maximum Gasteiger partial charge on any atom is 0.407 e. The van der Waals surface area contributed by atoms with Gasteiger partial charge in [-0.2, -0.15) is 0 Å². The molecule has 2 aromatic rings. The molecule has 0 aliphatic carbocycles. The van der Waals surface area contributed by atoms with Crippen molar-refractivity contribution in [2.75, 3.05) is 13.7 Å². The van der Waals surface area contributed by atoms with E-state index in [9.17, 15) is 19.5 Å². The lowest BCUT2D eigenvalue weighted by Crippen LogP contribution is -2.45. The summed E-state index contributed by atoms with van der Waals surface area (Å²) in [6.07, 6.45) is -1.86. The SMILES string of the molecule is COC(=O)[C@@H](Cc1c(C)cccc1C)NC(=O)C[C@H](O)CNC(=O)OCc1ccccc1. The highest BCUT2D eigenvalue weighted by Crippen LogP contribution is 2.16. The third kappa shape index (κ3) is 8.03. The van der Waals surface area contributed by atoms with Crippen LogP contribution in [0, 0.1) is 13.8 Å². The molecule has 0 saturated carbocycles. The van der Waals surface area contributed by atoms with E-state index in [4.69, 9.17) is 9.47 Å². The summed E-state index contributed by atoms with van der Waals surface area (Å²) < 4.78 is 9.88. The summed E-state index contributed by atoms with van der Waals surface area (Å²) in [4.78, 5) is 36.3. The number of rotatable bonds is 10. The topological polar surface area (TPSA) is 114 Å². The fourth-order valence-corrected chi connectivity index (χ4v) is 3.23. The number of esters is 1. The zero-order valence-corrected chi connectivity index (χ0v) is 18.6. The lowest BCUT2D eigenvalue weighted by molar-refractivity contribution is -0.145. The Hall–Kier alpha value is -3.39. The normalized spacial score (nSPS) is 12.4. The van der Waals surface area contributed by atoms with E-state index in [0.29, 0.717) is 0 Å². The minimum absolute atomic E-state index is 0.0996. The maximum absolute atomic E-state index is 12.4. The molecule has 0 aromatic heterocycles. The van der Waals surface area contributed by atoms with Crippen LogP contribution in [0.25, 0.3) is 0 Å². The van der Waals surface area contributed by atoms with E-state index in [1.54, 1.807) is 0 Å². The first-order valence-electron chi connectivity index (χ1n) is 10.3. The molecular weight excluding hydrogens is 412 g/mol. The Balaban J connectivity index is 1.82. The van der Waals surface area contributed by atoms with Crippen LogP contribution in [0.2, 0.25) is 0 Å². The Morgan fingerprint density at radius 3 is 2.28 bits per heavy atom. The van der Waals surface area contributed by atoms with Gasteiger partial charge in [-0.1, -0.05) is 48.5 Å². The smallest absolute Gasteiger partial charge is 0.407 e. The number of aryl methyl sites for hydroxylation is 2. The minimum Gasteiger partial charge on any atom is -0.467 e. The molecule has 2 rings (SSSR count). The average Bonchev–Trinajstić information content (AvgIpc) is 2.78. The molecule has 0 saturated heterocycles. The number of aliphatic hydroxyl groups is 1. The molecule has 0 radical (unpaired) electrons. The van der Waals surface area contributed by atoms with Crippen molar-refractivity contribution in [1.82, 2.24) is 10.6 Å². The quantitative estimate of drug-likeness (QED) is 0.486. The van der Waals surface area contributed by atoms with Crippen molar-refractivity contribution in [3.8, 4) is 0 Å². The number of alkyl carbamates (subject to hydrolysis) is 1. The highest BCUT2D eigenvalue weighted by Gasteiger charge is 2.24. The highest BCUT2D eigenvalue weighted by molar-refractivity contribution is 5.85. The molecule has 2 atom stereocenters. The zero-order valence-electron chi connectivity index (χ0n) is 18.6. The van der Waals surface area contributed by atoms with Crippen LogP contribution in [-0.2, 0) is 32.1 Å². The summed E-state index contributed by atoms with van der Waals surface area (Å²) >= 11 is 0. The van der Waals surface area contributed by atoms with Crippen LogP contribution in [0.1, 0.15) is 28.7 Å². The number of ether oxygens (including phenoxy) is 2. The Morgan fingerprint density at radius 1 is 1.00 bits per heavy atom. The molecule has 8 heteroatoms. The second kappa shape index (κ2) is 12.5. The largest absolute Gasteiger partial charge is 0.467 e. The number of nitrogens with one attached hydrogen (secondary N) is 2.